The molecule has 0 spiro atoms. The molecule has 3 aromatic rings. The van der Waals surface area contributed by atoms with Gasteiger partial charge in [-0.2, -0.15) is 0 Å². The van der Waals surface area contributed by atoms with E-state index in [-0.39, 0.29) is 18.1 Å². The third kappa shape index (κ3) is 4.92. The van der Waals surface area contributed by atoms with Crippen LogP contribution < -0.4 is 0 Å². The fourth-order valence-corrected chi connectivity index (χ4v) is 3.29. The fourth-order valence-electron chi connectivity index (χ4n) is 3.29. The molecule has 4 heteroatoms. The van der Waals surface area contributed by atoms with Gasteiger partial charge in [-0.3, -0.25) is 14.6 Å². The van der Waals surface area contributed by atoms with E-state index < -0.39 is 5.97 Å². The van der Waals surface area contributed by atoms with Crippen LogP contribution in [0.1, 0.15) is 50.6 Å². The standard InChI is InChI=1S/C24H23NO3/c1-16-3-7-19(8-4-16)22(15-23(26)21-11-12-25-17(2)13-21)20-9-5-18(6-10-20)14-24(27)28/h3-13,22H,14-15H2,1-2H3,(H,27,28). The van der Waals surface area contributed by atoms with Crippen molar-refractivity contribution in [1.29, 1.82) is 0 Å². The summed E-state index contributed by atoms with van der Waals surface area (Å²) in [4.78, 5) is 28.0. The van der Waals surface area contributed by atoms with Crippen molar-refractivity contribution in [3.8, 4) is 0 Å². The van der Waals surface area contributed by atoms with Gasteiger partial charge in [-0.1, -0.05) is 54.1 Å². The molecule has 0 aliphatic rings. The van der Waals surface area contributed by atoms with Gasteiger partial charge >= 0.3 is 5.97 Å². The highest BCUT2D eigenvalue weighted by atomic mass is 16.4. The van der Waals surface area contributed by atoms with E-state index in [1.54, 1.807) is 12.3 Å². The van der Waals surface area contributed by atoms with E-state index in [1.165, 1.54) is 0 Å². The highest BCUT2D eigenvalue weighted by Gasteiger charge is 2.20. The highest BCUT2D eigenvalue weighted by molar-refractivity contribution is 5.96. The first kappa shape index (κ1) is 19.5. The van der Waals surface area contributed by atoms with Crippen molar-refractivity contribution < 1.29 is 14.7 Å². The number of aromatic nitrogens is 1. The van der Waals surface area contributed by atoms with Gasteiger partial charge in [-0.15, -0.1) is 0 Å². The predicted octanol–water partition coefficient (Wildman–Crippen LogP) is 4.73. The first-order chi connectivity index (χ1) is 13.4. The predicted molar refractivity (Wildman–Crippen MR) is 109 cm³/mol. The Hall–Kier alpha value is -3.27. The lowest BCUT2D eigenvalue weighted by atomic mass is 9.85. The molecule has 28 heavy (non-hydrogen) atoms. The molecule has 142 valence electrons. The van der Waals surface area contributed by atoms with Crippen molar-refractivity contribution in [2.24, 2.45) is 0 Å². The summed E-state index contributed by atoms with van der Waals surface area (Å²) in [6.45, 7) is 3.90. The Kier molecular flexibility index (Phi) is 5.99. The van der Waals surface area contributed by atoms with Crippen LogP contribution in [0.3, 0.4) is 0 Å². The Morgan fingerprint density at radius 2 is 1.54 bits per heavy atom. The van der Waals surface area contributed by atoms with Crippen molar-refractivity contribution in [3.63, 3.8) is 0 Å². The molecular weight excluding hydrogens is 350 g/mol. The zero-order valence-corrected chi connectivity index (χ0v) is 16.1. The minimum atomic E-state index is -0.855. The first-order valence-corrected chi connectivity index (χ1v) is 9.25. The summed E-state index contributed by atoms with van der Waals surface area (Å²) in [7, 11) is 0. The van der Waals surface area contributed by atoms with Crippen molar-refractivity contribution >= 4 is 11.8 Å². The number of ketones is 1. The topological polar surface area (TPSA) is 67.3 Å². The number of pyridine rings is 1. The number of carboxylic acids is 1. The Morgan fingerprint density at radius 3 is 2.11 bits per heavy atom. The molecule has 0 aliphatic heterocycles. The van der Waals surface area contributed by atoms with Crippen LogP contribution >= 0.6 is 0 Å². The number of carboxylic acid groups (broad SMARTS) is 1. The minimum Gasteiger partial charge on any atom is -0.481 e. The smallest absolute Gasteiger partial charge is 0.307 e. The second-order valence-corrected chi connectivity index (χ2v) is 7.09. The summed E-state index contributed by atoms with van der Waals surface area (Å²) >= 11 is 0. The normalized spacial score (nSPS) is 11.8. The molecular formula is C24H23NO3. The molecule has 0 saturated carbocycles. The SMILES string of the molecule is Cc1ccc(C(CC(=O)c2ccnc(C)c2)c2ccc(CC(=O)O)cc2)cc1. The van der Waals surface area contributed by atoms with E-state index >= 15 is 0 Å². The lowest BCUT2D eigenvalue weighted by Crippen LogP contribution is -2.10. The largest absolute Gasteiger partial charge is 0.481 e. The summed E-state index contributed by atoms with van der Waals surface area (Å²) in [5.74, 6) is -0.891. The molecule has 4 nitrogen and oxygen atoms in total. The van der Waals surface area contributed by atoms with Gasteiger partial charge in [0.2, 0.25) is 0 Å². The maximum absolute atomic E-state index is 12.9. The van der Waals surface area contributed by atoms with Crippen LogP contribution in [0.25, 0.3) is 0 Å². The zero-order chi connectivity index (χ0) is 20.1. The molecule has 2 aromatic carbocycles. The van der Waals surface area contributed by atoms with Crippen LogP contribution in [0.15, 0.2) is 66.9 Å². The van der Waals surface area contributed by atoms with Gasteiger partial charge in [0.25, 0.3) is 0 Å². The van der Waals surface area contributed by atoms with Gasteiger partial charge in [0, 0.05) is 29.8 Å². The minimum absolute atomic E-state index is 0.00923. The van der Waals surface area contributed by atoms with Gasteiger partial charge in [0.05, 0.1) is 6.42 Å². The molecule has 1 aromatic heterocycles. The molecule has 1 unspecified atom stereocenters. The number of benzene rings is 2. The molecule has 0 radical (unpaired) electrons. The summed E-state index contributed by atoms with van der Waals surface area (Å²) in [5, 5.41) is 8.97. The van der Waals surface area contributed by atoms with E-state index in [9.17, 15) is 9.59 Å². The van der Waals surface area contributed by atoms with Crippen LogP contribution in [0.4, 0.5) is 0 Å². The van der Waals surface area contributed by atoms with Crippen LogP contribution in [0.2, 0.25) is 0 Å². The van der Waals surface area contributed by atoms with Gasteiger partial charge in [0.15, 0.2) is 5.78 Å². The van der Waals surface area contributed by atoms with Crippen LogP contribution in [-0.2, 0) is 11.2 Å². The first-order valence-electron chi connectivity index (χ1n) is 9.25. The molecule has 1 atom stereocenters. The van der Waals surface area contributed by atoms with Gasteiger partial charge in [0.1, 0.15) is 0 Å². The van der Waals surface area contributed by atoms with Gasteiger partial charge < -0.3 is 5.11 Å². The average molecular weight is 373 g/mol. The number of carbonyl (C=O) groups is 2. The van der Waals surface area contributed by atoms with Crippen LogP contribution in [0, 0.1) is 13.8 Å². The zero-order valence-electron chi connectivity index (χ0n) is 16.1. The third-order valence-electron chi connectivity index (χ3n) is 4.83. The maximum atomic E-state index is 12.9. The summed E-state index contributed by atoms with van der Waals surface area (Å²) in [5.41, 5.74) is 5.45. The quantitative estimate of drug-likeness (QED) is 0.608. The Morgan fingerprint density at radius 1 is 0.929 bits per heavy atom. The average Bonchev–Trinajstić information content (AvgIpc) is 2.67. The summed E-state index contributed by atoms with van der Waals surface area (Å²) in [6, 6.07) is 19.2. The Labute approximate surface area is 164 Å². The number of hydrogen-bond donors (Lipinski definition) is 1. The van der Waals surface area contributed by atoms with E-state index in [1.807, 2.05) is 56.3 Å². The number of nitrogens with zero attached hydrogens (tertiary/aromatic N) is 1. The van der Waals surface area contributed by atoms with Crippen molar-refractivity contribution in [3.05, 3.63) is 100 Å². The second kappa shape index (κ2) is 8.61. The summed E-state index contributed by atoms with van der Waals surface area (Å²) in [6.07, 6.45) is 1.99. The maximum Gasteiger partial charge on any atom is 0.307 e. The van der Waals surface area contributed by atoms with Gasteiger partial charge in [-0.25, -0.2) is 0 Å². The van der Waals surface area contributed by atoms with Crippen molar-refractivity contribution in [1.82, 2.24) is 4.98 Å². The highest BCUT2D eigenvalue weighted by Crippen LogP contribution is 2.30. The molecule has 0 fully saturated rings. The second-order valence-electron chi connectivity index (χ2n) is 7.09. The molecule has 0 aliphatic carbocycles. The van der Waals surface area contributed by atoms with Crippen LogP contribution in [-0.4, -0.2) is 21.8 Å². The van der Waals surface area contributed by atoms with E-state index in [0.29, 0.717) is 12.0 Å². The molecule has 1 heterocycles. The number of Topliss-reactive ketones (excluding diaryl/α,β-unsaturated/α-hetero) is 1. The number of aliphatic carboxylic acids is 1. The van der Waals surface area contributed by atoms with Crippen molar-refractivity contribution in [2.45, 2.75) is 32.6 Å². The molecule has 0 saturated heterocycles. The Balaban J connectivity index is 1.92. The van der Waals surface area contributed by atoms with Gasteiger partial charge in [-0.05, 0) is 42.7 Å². The van der Waals surface area contributed by atoms with E-state index in [4.69, 9.17) is 5.11 Å². The molecule has 0 amide bonds. The van der Waals surface area contributed by atoms with E-state index in [0.717, 1.165) is 27.9 Å². The monoisotopic (exact) mass is 373 g/mol. The molecule has 3 rings (SSSR count). The number of rotatable bonds is 7. The lowest BCUT2D eigenvalue weighted by molar-refractivity contribution is -0.136. The Bertz CT molecular complexity index is 975. The number of hydrogen-bond acceptors (Lipinski definition) is 3. The lowest BCUT2D eigenvalue weighted by Gasteiger charge is -2.18. The summed E-state index contributed by atoms with van der Waals surface area (Å²) < 4.78 is 0. The van der Waals surface area contributed by atoms with E-state index in [2.05, 4.69) is 17.1 Å². The molecule has 0 bridgehead atoms. The van der Waals surface area contributed by atoms with Crippen molar-refractivity contribution in [2.75, 3.05) is 0 Å². The molecule has 1 N–H and O–H groups in total. The number of carbonyl (C=O) groups excluding carboxylic acids is 1. The number of aryl methyl sites for hydroxylation is 2. The third-order valence-corrected chi connectivity index (χ3v) is 4.83. The fraction of sp³-hybridized carbons (Fsp3) is 0.208. The van der Waals surface area contributed by atoms with Crippen LogP contribution in [0.5, 0.6) is 0 Å².